The molecule has 0 saturated heterocycles. The molecule has 0 radical (unpaired) electrons. The van der Waals surface area contributed by atoms with Crippen LogP contribution in [0.1, 0.15) is 20.3 Å². The van der Waals surface area contributed by atoms with Crippen LogP contribution in [0.4, 0.5) is 5.95 Å². The Morgan fingerprint density at radius 3 is 2.83 bits per heavy atom. The third-order valence-corrected chi connectivity index (χ3v) is 3.93. The monoisotopic (exact) mass is 273 g/mol. The summed E-state index contributed by atoms with van der Waals surface area (Å²) >= 11 is 0. The van der Waals surface area contributed by atoms with Crippen LogP contribution >= 0.6 is 0 Å². The van der Waals surface area contributed by atoms with Crippen LogP contribution in [0.25, 0.3) is 0 Å². The van der Waals surface area contributed by atoms with Crippen LogP contribution in [0.5, 0.6) is 5.88 Å². The standard InChI is InChI=1S/C11H19N3O3S/c1-3-8-17-10-5-6-12-11(14-10)13-7-9-18(15,16)4-2/h5-6H,3-4,7-9H2,1-2H3,(H,12,13,14). The van der Waals surface area contributed by atoms with E-state index in [0.717, 1.165) is 6.42 Å². The molecule has 0 fully saturated rings. The van der Waals surface area contributed by atoms with Crippen molar-refractivity contribution in [2.45, 2.75) is 20.3 Å². The fraction of sp³-hybridized carbons (Fsp3) is 0.636. The van der Waals surface area contributed by atoms with Gasteiger partial charge in [-0.1, -0.05) is 13.8 Å². The molecule has 1 aromatic rings. The lowest BCUT2D eigenvalue weighted by Crippen LogP contribution is -2.18. The Balaban J connectivity index is 2.47. The Labute approximate surface area is 108 Å². The highest BCUT2D eigenvalue weighted by atomic mass is 32.2. The molecule has 102 valence electrons. The third kappa shape index (κ3) is 5.31. The van der Waals surface area contributed by atoms with Crippen molar-refractivity contribution >= 4 is 15.8 Å². The van der Waals surface area contributed by atoms with Gasteiger partial charge in [0.1, 0.15) is 0 Å². The van der Waals surface area contributed by atoms with Crippen molar-refractivity contribution in [2.75, 3.05) is 30.0 Å². The van der Waals surface area contributed by atoms with Gasteiger partial charge in [-0.25, -0.2) is 13.4 Å². The van der Waals surface area contributed by atoms with Crippen molar-refractivity contribution in [3.63, 3.8) is 0 Å². The summed E-state index contributed by atoms with van der Waals surface area (Å²) in [6.07, 6.45) is 2.48. The van der Waals surface area contributed by atoms with Crippen molar-refractivity contribution in [3.05, 3.63) is 12.3 Å². The number of nitrogens with one attached hydrogen (secondary N) is 1. The normalized spacial score (nSPS) is 11.2. The number of rotatable bonds is 8. The quantitative estimate of drug-likeness (QED) is 0.764. The topological polar surface area (TPSA) is 81.2 Å². The molecule has 0 amide bonds. The van der Waals surface area contributed by atoms with Crippen molar-refractivity contribution in [1.29, 1.82) is 0 Å². The highest BCUT2D eigenvalue weighted by Crippen LogP contribution is 2.08. The second-order valence-electron chi connectivity index (χ2n) is 3.73. The van der Waals surface area contributed by atoms with Gasteiger partial charge in [-0.3, -0.25) is 0 Å². The van der Waals surface area contributed by atoms with Gasteiger partial charge in [0.15, 0.2) is 9.84 Å². The van der Waals surface area contributed by atoms with Crippen LogP contribution in [0.2, 0.25) is 0 Å². The van der Waals surface area contributed by atoms with E-state index >= 15 is 0 Å². The second-order valence-corrected chi connectivity index (χ2v) is 6.20. The molecule has 1 aromatic heterocycles. The SMILES string of the molecule is CCCOc1ccnc(NCCS(=O)(=O)CC)n1. The predicted molar refractivity (Wildman–Crippen MR) is 70.6 cm³/mol. The lowest BCUT2D eigenvalue weighted by molar-refractivity contribution is 0.305. The number of nitrogens with zero attached hydrogens (tertiary/aromatic N) is 2. The molecule has 6 nitrogen and oxygen atoms in total. The molecule has 0 bridgehead atoms. The van der Waals surface area contributed by atoms with E-state index in [1.165, 1.54) is 0 Å². The summed E-state index contributed by atoms with van der Waals surface area (Å²) in [5.41, 5.74) is 0. The van der Waals surface area contributed by atoms with Gasteiger partial charge in [0.2, 0.25) is 11.8 Å². The summed E-state index contributed by atoms with van der Waals surface area (Å²) < 4.78 is 27.9. The first-order valence-corrected chi connectivity index (χ1v) is 7.79. The third-order valence-electron chi connectivity index (χ3n) is 2.22. The Hall–Kier alpha value is -1.37. The Bertz CT molecular complexity index is 462. The molecule has 1 N–H and O–H groups in total. The van der Waals surface area contributed by atoms with Gasteiger partial charge in [0, 0.05) is 24.6 Å². The van der Waals surface area contributed by atoms with Crippen molar-refractivity contribution in [2.24, 2.45) is 0 Å². The maximum Gasteiger partial charge on any atom is 0.225 e. The van der Waals surface area contributed by atoms with E-state index in [1.807, 2.05) is 6.92 Å². The van der Waals surface area contributed by atoms with E-state index in [-0.39, 0.29) is 11.5 Å². The average Bonchev–Trinajstić information content (AvgIpc) is 2.37. The van der Waals surface area contributed by atoms with E-state index in [2.05, 4.69) is 15.3 Å². The molecule has 0 atom stereocenters. The molecule has 0 unspecified atom stereocenters. The van der Waals surface area contributed by atoms with Crippen molar-refractivity contribution in [1.82, 2.24) is 9.97 Å². The molecule has 7 heteroatoms. The number of hydrogen-bond acceptors (Lipinski definition) is 6. The molecule has 0 saturated carbocycles. The Morgan fingerprint density at radius 2 is 2.17 bits per heavy atom. The van der Waals surface area contributed by atoms with Crippen LogP contribution in [0, 0.1) is 0 Å². The zero-order chi connectivity index (χ0) is 13.4. The Morgan fingerprint density at radius 1 is 1.39 bits per heavy atom. The van der Waals surface area contributed by atoms with Gasteiger partial charge in [-0.15, -0.1) is 0 Å². The summed E-state index contributed by atoms with van der Waals surface area (Å²) in [7, 11) is -2.96. The first kappa shape index (κ1) is 14.7. The minimum absolute atomic E-state index is 0.0763. The summed E-state index contributed by atoms with van der Waals surface area (Å²) in [5.74, 6) is 1.10. The summed E-state index contributed by atoms with van der Waals surface area (Å²) in [5, 5.41) is 2.87. The minimum atomic E-state index is -2.96. The Kier molecular flexibility index (Phi) is 5.84. The smallest absolute Gasteiger partial charge is 0.225 e. The first-order valence-electron chi connectivity index (χ1n) is 5.97. The molecule has 0 aromatic carbocycles. The van der Waals surface area contributed by atoms with Gasteiger partial charge in [0.25, 0.3) is 0 Å². The summed E-state index contributed by atoms with van der Waals surface area (Å²) in [6.45, 7) is 4.54. The van der Waals surface area contributed by atoms with Crippen LogP contribution in [-0.2, 0) is 9.84 Å². The number of ether oxygens (including phenoxy) is 1. The predicted octanol–water partition coefficient (Wildman–Crippen LogP) is 1.11. The molecule has 0 aliphatic carbocycles. The molecule has 0 aliphatic rings. The largest absolute Gasteiger partial charge is 0.478 e. The fourth-order valence-electron chi connectivity index (χ4n) is 1.18. The number of sulfone groups is 1. The van der Waals surface area contributed by atoms with Gasteiger partial charge >= 0.3 is 0 Å². The van der Waals surface area contributed by atoms with Crippen LogP contribution in [0.15, 0.2) is 12.3 Å². The molecule has 1 rings (SSSR count). The average molecular weight is 273 g/mol. The number of anilines is 1. The summed E-state index contributed by atoms with van der Waals surface area (Å²) in [6, 6.07) is 1.67. The maximum atomic E-state index is 11.3. The lowest BCUT2D eigenvalue weighted by Gasteiger charge is -2.07. The van der Waals surface area contributed by atoms with E-state index in [4.69, 9.17) is 4.74 Å². The number of hydrogen-bond donors (Lipinski definition) is 1. The van der Waals surface area contributed by atoms with Gasteiger partial charge in [0.05, 0.1) is 12.4 Å². The lowest BCUT2D eigenvalue weighted by atomic mass is 10.5. The van der Waals surface area contributed by atoms with E-state index < -0.39 is 9.84 Å². The van der Waals surface area contributed by atoms with E-state index in [0.29, 0.717) is 25.0 Å². The van der Waals surface area contributed by atoms with Crippen molar-refractivity contribution in [3.8, 4) is 5.88 Å². The minimum Gasteiger partial charge on any atom is -0.478 e. The van der Waals surface area contributed by atoms with Gasteiger partial charge in [-0.05, 0) is 6.42 Å². The molecule has 0 aliphatic heterocycles. The number of aromatic nitrogens is 2. The molecular weight excluding hydrogens is 254 g/mol. The first-order chi connectivity index (χ1) is 8.57. The highest BCUT2D eigenvalue weighted by Gasteiger charge is 2.07. The van der Waals surface area contributed by atoms with Gasteiger partial charge in [-0.2, -0.15) is 4.98 Å². The van der Waals surface area contributed by atoms with E-state index in [9.17, 15) is 8.42 Å². The fourth-order valence-corrected chi connectivity index (χ4v) is 1.88. The second kappa shape index (κ2) is 7.15. The van der Waals surface area contributed by atoms with Crippen LogP contribution in [0.3, 0.4) is 0 Å². The zero-order valence-electron chi connectivity index (χ0n) is 10.7. The van der Waals surface area contributed by atoms with Crippen LogP contribution in [-0.4, -0.2) is 43.0 Å². The molecular formula is C11H19N3O3S. The zero-order valence-corrected chi connectivity index (χ0v) is 11.5. The van der Waals surface area contributed by atoms with Gasteiger partial charge < -0.3 is 10.1 Å². The molecule has 0 spiro atoms. The van der Waals surface area contributed by atoms with Crippen molar-refractivity contribution < 1.29 is 13.2 Å². The molecule has 1 heterocycles. The highest BCUT2D eigenvalue weighted by molar-refractivity contribution is 7.91. The van der Waals surface area contributed by atoms with E-state index in [1.54, 1.807) is 19.2 Å². The summed E-state index contributed by atoms with van der Waals surface area (Å²) in [4.78, 5) is 8.11. The maximum absolute atomic E-state index is 11.3. The van der Waals surface area contributed by atoms with Crippen LogP contribution < -0.4 is 10.1 Å². The molecule has 18 heavy (non-hydrogen) atoms.